The Kier molecular flexibility index (Phi) is 9.95. The zero-order valence-electron chi connectivity index (χ0n) is 25.1. The van der Waals surface area contributed by atoms with Gasteiger partial charge < -0.3 is 14.4 Å². The van der Waals surface area contributed by atoms with Crippen molar-refractivity contribution in [3.63, 3.8) is 0 Å². The van der Waals surface area contributed by atoms with Crippen LogP contribution in [0, 0.1) is 11.7 Å². The summed E-state index contributed by atoms with van der Waals surface area (Å²) in [6.07, 6.45) is 2.23. The number of hydrogen-bond donors (Lipinski definition) is 1. The second-order valence-corrected chi connectivity index (χ2v) is 13.4. The Bertz CT molecular complexity index is 1510. The fraction of sp³-hybridized carbons (Fsp3) is 0.567. The number of sulfonamides is 1. The molecule has 43 heavy (non-hydrogen) atoms. The highest BCUT2D eigenvalue weighted by Gasteiger charge is 2.28. The fourth-order valence-corrected chi connectivity index (χ4v) is 6.78. The number of methoxy groups -OCH3 is 1. The van der Waals surface area contributed by atoms with Crippen molar-refractivity contribution >= 4 is 32.7 Å². The van der Waals surface area contributed by atoms with E-state index in [4.69, 9.17) is 14.6 Å². The van der Waals surface area contributed by atoms with Gasteiger partial charge >= 0.3 is 0 Å². The van der Waals surface area contributed by atoms with E-state index in [-0.39, 0.29) is 23.2 Å². The normalized spacial score (nSPS) is 17.2. The fourth-order valence-electron chi connectivity index (χ4n) is 5.78. The largest absolute Gasteiger partial charge is 0.384 e. The van der Waals surface area contributed by atoms with E-state index >= 15 is 0 Å². The van der Waals surface area contributed by atoms with Crippen LogP contribution in [-0.4, -0.2) is 99.4 Å². The molecule has 1 aromatic carbocycles. The Balaban J connectivity index is 1.49. The number of nitrogens with zero attached hydrogens (tertiary/aromatic N) is 5. The third kappa shape index (κ3) is 7.51. The number of piperidine rings is 1. The molecule has 2 aromatic heterocycles. The lowest BCUT2D eigenvalue weighted by atomic mass is 9.96. The van der Waals surface area contributed by atoms with Gasteiger partial charge in [0.1, 0.15) is 11.5 Å². The van der Waals surface area contributed by atoms with Crippen LogP contribution in [0.4, 0.5) is 10.1 Å². The standard InChI is InChI=1S/C30H41FN6O5S/c1-21(2)28-27-26(36-12-9-22(10-13-36)20-41-3)19-25(32-29(27)37(33-28)24-7-5-23(31)6-8-24)30(38)34-43(39,40)18-4-11-35-14-16-42-17-15-35/h5-8,19,21-22H,4,9-18,20H2,1-3H3,(H,34,38). The smallest absolute Gasteiger partial charge is 0.283 e. The number of pyridine rings is 1. The number of morpholine rings is 1. The summed E-state index contributed by atoms with van der Waals surface area (Å²) in [5, 5.41) is 5.67. The third-order valence-electron chi connectivity index (χ3n) is 8.09. The van der Waals surface area contributed by atoms with Gasteiger partial charge in [-0.1, -0.05) is 13.8 Å². The van der Waals surface area contributed by atoms with Crippen molar-refractivity contribution in [2.24, 2.45) is 5.92 Å². The molecule has 0 bridgehead atoms. The van der Waals surface area contributed by atoms with E-state index in [2.05, 4.69) is 19.5 Å². The van der Waals surface area contributed by atoms with Gasteiger partial charge in [0.2, 0.25) is 10.0 Å². The maximum absolute atomic E-state index is 13.8. The first kappa shape index (κ1) is 31.3. The van der Waals surface area contributed by atoms with Crippen molar-refractivity contribution in [2.75, 3.05) is 70.3 Å². The summed E-state index contributed by atoms with van der Waals surface area (Å²) < 4.78 is 54.2. The minimum absolute atomic E-state index is 0.0168. The molecule has 11 nitrogen and oxygen atoms in total. The summed E-state index contributed by atoms with van der Waals surface area (Å²) in [6, 6.07) is 7.59. The van der Waals surface area contributed by atoms with Gasteiger partial charge in [0, 0.05) is 39.9 Å². The minimum atomic E-state index is -3.90. The van der Waals surface area contributed by atoms with Gasteiger partial charge in [0.05, 0.1) is 41.4 Å². The number of ether oxygens (including phenoxy) is 2. The van der Waals surface area contributed by atoms with Crippen molar-refractivity contribution in [3.05, 3.63) is 47.5 Å². The molecule has 0 radical (unpaired) electrons. The number of hydrogen-bond acceptors (Lipinski definition) is 9. The lowest BCUT2D eigenvalue weighted by Crippen LogP contribution is -2.39. The van der Waals surface area contributed by atoms with Crippen LogP contribution in [0.2, 0.25) is 0 Å². The molecule has 0 aliphatic carbocycles. The summed E-state index contributed by atoms with van der Waals surface area (Å²) in [5.74, 6) is -0.876. The van der Waals surface area contributed by atoms with Crippen molar-refractivity contribution < 1.29 is 27.1 Å². The second kappa shape index (κ2) is 13.7. The van der Waals surface area contributed by atoms with Gasteiger partial charge in [-0.05, 0) is 68.0 Å². The summed E-state index contributed by atoms with van der Waals surface area (Å²) in [5.41, 5.74) is 2.57. The average molecular weight is 617 g/mol. The summed E-state index contributed by atoms with van der Waals surface area (Å²) >= 11 is 0. The average Bonchev–Trinajstić information content (AvgIpc) is 3.38. The molecular formula is C30H41FN6O5S. The lowest BCUT2D eigenvalue weighted by Gasteiger charge is -2.34. The number of aromatic nitrogens is 3. The van der Waals surface area contributed by atoms with E-state index in [0.717, 1.165) is 55.8 Å². The van der Waals surface area contributed by atoms with E-state index in [1.165, 1.54) is 12.1 Å². The van der Waals surface area contributed by atoms with Gasteiger partial charge in [0.15, 0.2) is 5.65 Å². The first-order valence-corrected chi connectivity index (χ1v) is 16.6. The molecule has 13 heteroatoms. The summed E-state index contributed by atoms with van der Waals surface area (Å²) in [4.78, 5) is 22.5. The minimum Gasteiger partial charge on any atom is -0.384 e. The molecule has 2 aliphatic rings. The number of nitrogens with one attached hydrogen (secondary N) is 1. The van der Waals surface area contributed by atoms with E-state index in [9.17, 15) is 17.6 Å². The number of carbonyl (C=O) groups excluding carboxylic acids is 1. The molecule has 0 unspecified atom stereocenters. The number of rotatable bonds is 11. The Hall–Kier alpha value is -3.13. The van der Waals surface area contributed by atoms with Crippen LogP contribution in [0.5, 0.6) is 0 Å². The number of anilines is 1. The van der Waals surface area contributed by atoms with Gasteiger partial charge in [-0.3, -0.25) is 9.69 Å². The number of amides is 1. The van der Waals surface area contributed by atoms with Crippen LogP contribution in [0.15, 0.2) is 30.3 Å². The van der Waals surface area contributed by atoms with E-state index in [0.29, 0.717) is 50.0 Å². The topological polar surface area (TPSA) is 119 Å². The molecule has 2 saturated heterocycles. The molecule has 4 heterocycles. The number of benzene rings is 1. The van der Waals surface area contributed by atoms with Crippen molar-refractivity contribution in [3.8, 4) is 5.69 Å². The van der Waals surface area contributed by atoms with Crippen LogP contribution < -0.4 is 9.62 Å². The highest BCUT2D eigenvalue weighted by molar-refractivity contribution is 7.90. The van der Waals surface area contributed by atoms with Gasteiger partial charge in [-0.15, -0.1) is 0 Å². The molecule has 5 rings (SSSR count). The van der Waals surface area contributed by atoms with E-state index in [1.807, 2.05) is 13.8 Å². The van der Waals surface area contributed by atoms with E-state index < -0.39 is 15.9 Å². The first-order valence-electron chi connectivity index (χ1n) is 14.9. The molecule has 0 atom stereocenters. The highest BCUT2D eigenvalue weighted by atomic mass is 32.2. The monoisotopic (exact) mass is 616 g/mol. The van der Waals surface area contributed by atoms with Crippen LogP contribution >= 0.6 is 0 Å². The Morgan fingerprint density at radius 2 is 1.84 bits per heavy atom. The van der Waals surface area contributed by atoms with Crippen LogP contribution in [0.25, 0.3) is 16.7 Å². The Morgan fingerprint density at radius 1 is 1.14 bits per heavy atom. The predicted octanol–water partition coefficient (Wildman–Crippen LogP) is 3.33. The van der Waals surface area contributed by atoms with Crippen LogP contribution in [0.1, 0.15) is 55.2 Å². The quantitative estimate of drug-likeness (QED) is 0.346. The van der Waals surface area contributed by atoms with Gasteiger partial charge in [-0.25, -0.2) is 27.2 Å². The SMILES string of the molecule is COCC1CCN(c2cc(C(=O)NS(=O)(=O)CCCN3CCOCC3)nc3c2c(C(C)C)nn3-c2ccc(F)cc2)CC1. The van der Waals surface area contributed by atoms with Crippen molar-refractivity contribution in [1.29, 1.82) is 0 Å². The number of halogens is 1. The molecule has 234 valence electrons. The molecule has 1 amide bonds. The third-order valence-corrected chi connectivity index (χ3v) is 9.41. The second-order valence-electron chi connectivity index (χ2n) is 11.6. The van der Waals surface area contributed by atoms with Crippen molar-refractivity contribution in [2.45, 2.75) is 39.0 Å². The Morgan fingerprint density at radius 3 is 2.49 bits per heavy atom. The first-order chi connectivity index (χ1) is 20.6. The lowest BCUT2D eigenvalue weighted by molar-refractivity contribution is 0.0381. The molecule has 2 aliphatic heterocycles. The number of carbonyl (C=O) groups is 1. The molecule has 2 fully saturated rings. The summed E-state index contributed by atoms with van der Waals surface area (Å²) in [6.45, 7) is 9.67. The molecule has 0 saturated carbocycles. The van der Waals surface area contributed by atoms with Crippen LogP contribution in [0.3, 0.4) is 0 Å². The maximum Gasteiger partial charge on any atom is 0.283 e. The zero-order valence-corrected chi connectivity index (χ0v) is 25.9. The molecule has 3 aromatic rings. The van der Waals surface area contributed by atoms with Gasteiger partial charge in [-0.2, -0.15) is 5.10 Å². The zero-order chi connectivity index (χ0) is 30.6. The molecule has 1 N–H and O–H groups in total. The molecule has 0 spiro atoms. The predicted molar refractivity (Wildman–Crippen MR) is 163 cm³/mol. The number of fused-ring (bicyclic) bond motifs is 1. The highest BCUT2D eigenvalue weighted by Crippen LogP contribution is 2.36. The van der Waals surface area contributed by atoms with E-state index in [1.54, 1.807) is 30.0 Å². The molecular weight excluding hydrogens is 575 g/mol. The summed E-state index contributed by atoms with van der Waals surface area (Å²) in [7, 11) is -2.19. The van der Waals surface area contributed by atoms with Crippen molar-refractivity contribution in [1.82, 2.24) is 24.4 Å². The van der Waals surface area contributed by atoms with Gasteiger partial charge in [0.25, 0.3) is 5.91 Å². The maximum atomic E-state index is 13.8. The van der Waals surface area contributed by atoms with Crippen LogP contribution in [-0.2, 0) is 19.5 Å². The Labute approximate surface area is 252 Å².